The Bertz CT molecular complexity index is 428. The van der Waals surface area contributed by atoms with E-state index in [1.807, 2.05) is 0 Å². The molecule has 0 fully saturated rings. The molecule has 1 rings (SSSR count). The lowest BCUT2D eigenvalue weighted by molar-refractivity contribution is 0.233. The van der Waals surface area contributed by atoms with Crippen molar-refractivity contribution in [3.8, 4) is 5.75 Å². The molecule has 144 valence electrons. The standard InChI is InChI=1S/C23H40O2/c1-3-5-7-9-11-14-21-16-17-23(25-19-13-18-24)20-22(21)15-12-10-8-6-4-2/h16-17,20,24H,3-15,18-19H2,1-2H3. The molecule has 0 atom stereocenters. The van der Waals surface area contributed by atoms with E-state index < -0.39 is 0 Å². The van der Waals surface area contributed by atoms with E-state index in [4.69, 9.17) is 9.84 Å². The van der Waals surface area contributed by atoms with Gasteiger partial charge in [-0.2, -0.15) is 0 Å². The van der Waals surface area contributed by atoms with Gasteiger partial charge in [0.25, 0.3) is 0 Å². The fourth-order valence-corrected chi connectivity index (χ4v) is 3.26. The predicted molar refractivity (Wildman–Crippen MR) is 109 cm³/mol. The monoisotopic (exact) mass is 348 g/mol. The maximum atomic E-state index is 8.91. The Morgan fingerprint density at radius 2 is 1.32 bits per heavy atom. The lowest BCUT2D eigenvalue weighted by Gasteiger charge is -2.13. The topological polar surface area (TPSA) is 29.5 Å². The second-order valence-electron chi connectivity index (χ2n) is 7.18. The molecule has 0 radical (unpaired) electrons. The van der Waals surface area contributed by atoms with E-state index in [1.165, 1.54) is 88.2 Å². The fourth-order valence-electron chi connectivity index (χ4n) is 3.26. The molecule has 0 bridgehead atoms. The van der Waals surface area contributed by atoms with Gasteiger partial charge >= 0.3 is 0 Å². The van der Waals surface area contributed by atoms with Gasteiger partial charge in [0.15, 0.2) is 0 Å². The van der Waals surface area contributed by atoms with Crippen molar-refractivity contribution >= 4 is 0 Å². The zero-order valence-corrected chi connectivity index (χ0v) is 16.7. The van der Waals surface area contributed by atoms with Crippen molar-refractivity contribution in [1.82, 2.24) is 0 Å². The molecule has 1 N–H and O–H groups in total. The molecular formula is C23H40O2. The molecule has 1 aromatic rings. The normalized spacial score (nSPS) is 11.0. The van der Waals surface area contributed by atoms with Crippen molar-refractivity contribution in [2.24, 2.45) is 0 Å². The maximum absolute atomic E-state index is 8.91. The second-order valence-corrected chi connectivity index (χ2v) is 7.18. The zero-order valence-electron chi connectivity index (χ0n) is 16.7. The van der Waals surface area contributed by atoms with Crippen LogP contribution in [0.4, 0.5) is 0 Å². The SMILES string of the molecule is CCCCCCCc1ccc(OCCCO)cc1CCCCCCC. The third kappa shape index (κ3) is 10.5. The number of aliphatic hydroxyl groups is 1. The van der Waals surface area contributed by atoms with Crippen LogP contribution in [0, 0.1) is 0 Å². The Morgan fingerprint density at radius 3 is 1.92 bits per heavy atom. The molecule has 0 aliphatic heterocycles. The van der Waals surface area contributed by atoms with Crippen LogP contribution in [-0.4, -0.2) is 18.3 Å². The first-order chi connectivity index (χ1) is 12.3. The number of aryl methyl sites for hydroxylation is 2. The summed E-state index contributed by atoms with van der Waals surface area (Å²) in [5.41, 5.74) is 3.00. The van der Waals surface area contributed by atoms with Gasteiger partial charge in [-0.15, -0.1) is 0 Å². The molecular weight excluding hydrogens is 308 g/mol. The fraction of sp³-hybridized carbons (Fsp3) is 0.739. The van der Waals surface area contributed by atoms with Crippen LogP contribution in [-0.2, 0) is 12.8 Å². The first-order valence-electron chi connectivity index (χ1n) is 10.7. The van der Waals surface area contributed by atoms with Crippen molar-refractivity contribution in [1.29, 1.82) is 0 Å². The quantitative estimate of drug-likeness (QED) is 0.347. The van der Waals surface area contributed by atoms with Crippen LogP contribution in [0.5, 0.6) is 5.75 Å². The number of ether oxygens (including phenoxy) is 1. The van der Waals surface area contributed by atoms with Gasteiger partial charge in [-0.05, 0) is 48.9 Å². The van der Waals surface area contributed by atoms with Gasteiger partial charge < -0.3 is 9.84 Å². The van der Waals surface area contributed by atoms with Gasteiger partial charge in [-0.25, -0.2) is 0 Å². The molecule has 0 heterocycles. The zero-order chi connectivity index (χ0) is 18.2. The highest BCUT2D eigenvalue weighted by Gasteiger charge is 2.06. The highest BCUT2D eigenvalue weighted by Crippen LogP contribution is 2.23. The Morgan fingerprint density at radius 1 is 0.720 bits per heavy atom. The number of hydrogen-bond acceptors (Lipinski definition) is 2. The number of benzene rings is 1. The molecule has 0 aliphatic carbocycles. The predicted octanol–water partition coefficient (Wildman–Crippen LogP) is 6.47. The van der Waals surface area contributed by atoms with Crippen molar-refractivity contribution in [2.75, 3.05) is 13.2 Å². The number of unbranched alkanes of at least 4 members (excludes halogenated alkanes) is 8. The summed E-state index contributed by atoms with van der Waals surface area (Å²) in [6, 6.07) is 6.63. The van der Waals surface area contributed by atoms with Gasteiger partial charge in [-0.3, -0.25) is 0 Å². The van der Waals surface area contributed by atoms with Gasteiger partial charge in [0.2, 0.25) is 0 Å². The van der Waals surface area contributed by atoms with Crippen LogP contribution in [0.15, 0.2) is 18.2 Å². The van der Waals surface area contributed by atoms with E-state index in [0.717, 1.165) is 5.75 Å². The smallest absolute Gasteiger partial charge is 0.119 e. The summed E-state index contributed by atoms with van der Waals surface area (Å²) in [4.78, 5) is 0. The molecule has 0 spiro atoms. The van der Waals surface area contributed by atoms with Crippen LogP contribution >= 0.6 is 0 Å². The van der Waals surface area contributed by atoms with Crippen LogP contribution in [0.3, 0.4) is 0 Å². The lowest BCUT2D eigenvalue weighted by atomic mass is 9.96. The molecule has 0 saturated carbocycles. The summed E-state index contributed by atoms with van der Waals surface area (Å²) in [5.74, 6) is 0.965. The number of aliphatic hydroxyl groups excluding tert-OH is 1. The molecule has 0 aliphatic rings. The Hall–Kier alpha value is -1.02. The van der Waals surface area contributed by atoms with E-state index in [1.54, 1.807) is 0 Å². The average Bonchev–Trinajstić information content (AvgIpc) is 2.63. The van der Waals surface area contributed by atoms with Crippen molar-refractivity contribution in [2.45, 2.75) is 97.3 Å². The summed E-state index contributed by atoms with van der Waals surface area (Å²) in [7, 11) is 0. The Balaban J connectivity index is 2.55. The molecule has 25 heavy (non-hydrogen) atoms. The van der Waals surface area contributed by atoms with Crippen molar-refractivity contribution in [3.63, 3.8) is 0 Å². The molecule has 0 aromatic heterocycles. The van der Waals surface area contributed by atoms with Gasteiger partial charge in [0.1, 0.15) is 5.75 Å². The van der Waals surface area contributed by atoms with E-state index in [2.05, 4.69) is 32.0 Å². The van der Waals surface area contributed by atoms with Crippen molar-refractivity contribution in [3.05, 3.63) is 29.3 Å². The van der Waals surface area contributed by atoms with Gasteiger partial charge in [0.05, 0.1) is 6.61 Å². The van der Waals surface area contributed by atoms with Crippen LogP contribution in [0.25, 0.3) is 0 Å². The third-order valence-electron chi connectivity index (χ3n) is 4.85. The summed E-state index contributed by atoms with van der Waals surface area (Å²) < 4.78 is 5.78. The largest absolute Gasteiger partial charge is 0.493 e. The highest BCUT2D eigenvalue weighted by molar-refractivity contribution is 5.36. The number of rotatable bonds is 16. The van der Waals surface area contributed by atoms with Crippen molar-refractivity contribution < 1.29 is 9.84 Å². The molecule has 2 nitrogen and oxygen atoms in total. The first kappa shape index (κ1) is 22.0. The van der Waals surface area contributed by atoms with E-state index in [-0.39, 0.29) is 6.61 Å². The minimum atomic E-state index is 0.195. The molecule has 0 saturated heterocycles. The van der Waals surface area contributed by atoms with Crippen LogP contribution in [0.1, 0.15) is 95.6 Å². The maximum Gasteiger partial charge on any atom is 0.119 e. The third-order valence-corrected chi connectivity index (χ3v) is 4.85. The average molecular weight is 349 g/mol. The molecule has 2 heteroatoms. The lowest BCUT2D eigenvalue weighted by Crippen LogP contribution is -2.02. The van der Waals surface area contributed by atoms with E-state index in [9.17, 15) is 0 Å². The Labute approximate surface area is 156 Å². The van der Waals surface area contributed by atoms with Gasteiger partial charge in [0, 0.05) is 13.0 Å². The molecule has 1 aromatic carbocycles. The summed E-state index contributed by atoms with van der Waals surface area (Å²) in [5, 5.41) is 8.91. The summed E-state index contributed by atoms with van der Waals surface area (Å²) in [6.07, 6.45) is 16.4. The van der Waals surface area contributed by atoms with Crippen LogP contribution < -0.4 is 4.74 Å². The Kier molecular flexibility index (Phi) is 13.4. The molecule has 0 amide bonds. The second kappa shape index (κ2) is 15.3. The first-order valence-corrected chi connectivity index (χ1v) is 10.7. The van der Waals surface area contributed by atoms with Crippen LogP contribution in [0.2, 0.25) is 0 Å². The highest BCUT2D eigenvalue weighted by atomic mass is 16.5. The minimum Gasteiger partial charge on any atom is -0.493 e. The minimum absolute atomic E-state index is 0.195. The summed E-state index contributed by atoms with van der Waals surface area (Å²) in [6.45, 7) is 5.33. The van der Waals surface area contributed by atoms with Gasteiger partial charge in [-0.1, -0.05) is 71.3 Å². The molecule has 0 unspecified atom stereocenters. The number of hydrogen-bond donors (Lipinski definition) is 1. The van der Waals surface area contributed by atoms with E-state index >= 15 is 0 Å². The summed E-state index contributed by atoms with van der Waals surface area (Å²) >= 11 is 0. The van der Waals surface area contributed by atoms with E-state index in [0.29, 0.717) is 13.0 Å².